The molecule has 0 fully saturated rings. The van der Waals surface area contributed by atoms with Gasteiger partial charge in [0.25, 0.3) is 5.22 Å². The average molecular weight is 380 g/mol. The Labute approximate surface area is 155 Å². The number of Topliss-reactive ketones (excluding diaryl/α,β-unsaturated/α-hetero) is 1. The van der Waals surface area contributed by atoms with Gasteiger partial charge in [-0.3, -0.25) is 9.59 Å². The number of hydrogen-bond donors (Lipinski definition) is 1. The summed E-state index contributed by atoms with van der Waals surface area (Å²) in [5.74, 6) is 1.69. The predicted molar refractivity (Wildman–Crippen MR) is 101 cm³/mol. The number of aromatic nitrogens is 2. The van der Waals surface area contributed by atoms with Gasteiger partial charge in [0.1, 0.15) is 0 Å². The Morgan fingerprint density at radius 2 is 1.92 bits per heavy atom. The molecule has 0 saturated heterocycles. The Kier molecular flexibility index (Phi) is 7.52. The van der Waals surface area contributed by atoms with Gasteiger partial charge in [0, 0.05) is 17.7 Å². The first-order valence-corrected chi connectivity index (χ1v) is 10.2. The SMILES string of the molecule is CSCc1nnc(SCC(=O)c2ccc(NC(=O)CC(C)C)cc2)o1. The van der Waals surface area contributed by atoms with Crippen molar-refractivity contribution in [1.29, 1.82) is 0 Å². The topological polar surface area (TPSA) is 85.1 Å². The average Bonchev–Trinajstić information content (AvgIpc) is 3.00. The van der Waals surface area contributed by atoms with Gasteiger partial charge in [-0.2, -0.15) is 11.8 Å². The normalized spacial score (nSPS) is 10.9. The molecule has 1 aromatic carbocycles. The van der Waals surface area contributed by atoms with Crippen LogP contribution in [0.5, 0.6) is 0 Å². The van der Waals surface area contributed by atoms with Crippen LogP contribution in [-0.2, 0) is 10.5 Å². The van der Waals surface area contributed by atoms with Gasteiger partial charge in [0.2, 0.25) is 11.8 Å². The lowest BCUT2D eigenvalue weighted by molar-refractivity contribution is -0.116. The molecule has 1 aromatic heterocycles. The number of benzene rings is 1. The summed E-state index contributed by atoms with van der Waals surface area (Å²) in [6.07, 6.45) is 2.43. The maximum absolute atomic E-state index is 12.2. The van der Waals surface area contributed by atoms with Gasteiger partial charge in [-0.25, -0.2) is 0 Å². The zero-order valence-corrected chi connectivity index (χ0v) is 16.1. The van der Waals surface area contributed by atoms with Gasteiger partial charge < -0.3 is 9.73 Å². The van der Waals surface area contributed by atoms with E-state index in [0.29, 0.717) is 40.5 Å². The molecular formula is C17H21N3O3S2. The van der Waals surface area contributed by atoms with E-state index in [1.807, 2.05) is 20.1 Å². The predicted octanol–water partition coefficient (Wildman–Crippen LogP) is 3.89. The highest BCUT2D eigenvalue weighted by molar-refractivity contribution is 7.99. The second-order valence-electron chi connectivity index (χ2n) is 5.83. The quantitative estimate of drug-likeness (QED) is 0.522. The molecule has 1 heterocycles. The van der Waals surface area contributed by atoms with Crippen LogP contribution in [-0.4, -0.2) is 33.9 Å². The van der Waals surface area contributed by atoms with Crippen LogP contribution in [0.15, 0.2) is 33.9 Å². The molecule has 2 rings (SSSR count). The van der Waals surface area contributed by atoms with Crippen molar-refractivity contribution in [3.8, 4) is 0 Å². The summed E-state index contributed by atoms with van der Waals surface area (Å²) in [7, 11) is 0. The van der Waals surface area contributed by atoms with E-state index in [-0.39, 0.29) is 17.4 Å². The molecule has 6 nitrogen and oxygen atoms in total. The van der Waals surface area contributed by atoms with E-state index >= 15 is 0 Å². The molecule has 0 saturated carbocycles. The molecule has 134 valence electrons. The minimum atomic E-state index is -0.0327. The van der Waals surface area contributed by atoms with Crippen LogP contribution < -0.4 is 5.32 Å². The molecule has 25 heavy (non-hydrogen) atoms. The highest BCUT2D eigenvalue weighted by Crippen LogP contribution is 2.20. The highest BCUT2D eigenvalue weighted by Gasteiger charge is 2.12. The number of thioether (sulfide) groups is 2. The number of carbonyl (C=O) groups is 2. The fraction of sp³-hybridized carbons (Fsp3) is 0.412. The molecule has 1 amide bonds. The van der Waals surface area contributed by atoms with Crippen LogP contribution >= 0.6 is 23.5 Å². The van der Waals surface area contributed by atoms with Crippen LogP contribution in [0.1, 0.15) is 36.5 Å². The van der Waals surface area contributed by atoms with Gasteiger partial charge in [-0.1, -0.05) is 25.6 Å². The van der Waals surface area contributed by atoms with E-state index < -0.39 is 0 Å². The number of carbonyl (C=O) groups excluding carboxylic acids is 2. The third-order valence-corrected chi connectivity index (χ3v) is 4.48. The van der Waals surface area contributed by atoms with Crippen molar-refractivity contribution in [1.82, 2.24) is 10.2 Å². The van der Waals surface area contributed by atoms with Crippen molar-refractivity contribution in [3.63, 3.8) is 0 Å². The first-order chi connectivity index (χ1) is 12.0. The molecule has 8 heteroatoms. The molecule has 0 aliphatic heterocycles. The van der Waals surface area contributed by atoms with E-state index in [0.717, 1.165) is 0 Å². The van der Waals surface area contributed by atoms with E-state index in [9.17, 15) is 9.59 Å². The van der Waals surface area contributed by atoms with E-state index in [4.69, 9.17) is 4.42 Å². The number of hydrogen-bond acceptors (Lipinski definition) is 7. The summed E-state index contributed by atoms with van der Waals surface area (Å²) in [6, 6.07) is 6.89. The highest BCUT2D eigenvalue weighted by atomic mass is 32.2. The minimum absolute atomic E-state index is 0.0259. The maximum Gasteiger partial charge on any atom is 0.277 e. The lowest BCUT2D eigenvalue weighted by Crippen LogP contribution is -2.14. The molecule has 2 aromatic rings. The minimum Gasteiger partial charge on any atom is -0.415 e. The molecule has 1 N–H and O–H groups in total. The number of ketones is 1. The van der Waals surface area contributed by atoms with Crippen molar-refractivity contribution in [3.05, 3.63) is 35.7 Å². The fourth-order valence-electron chi connectivity index (χ4n) is 2.01. The fourth-order valence-corrected chi connectivity index (χ4v) is 3.05. The van der Waals surface area contributed by atoms with Crippen molar-refractivity contribution < 1.29 is 14.0 Å². The molecule has 0 aliphatic carbocycles. The van der Waals surface area contributed by atoms with E-state index in [1.54, 1.807) is 36.0 Å². The second kappa shape index (κ2) is 9.62. The van der Waals surface area contributed by atoms with Crippen LogP contribution in [0.4, 0.5) is 5.69 Å². The van der Waals surface area contributed by atoms with Crippen molar-refractivity contribution in [2.24, 2.45) is 5.92 Å². The summed E-state index contributed by atoms with van der Waals surface area (Å²) < 4.78 is 5.42. The van der Waals surface area contributed by atoms with Gasteiger partial charge in [0.05, 0.1) is 11.5 Å². The van der Waals surface area contributed by atoms with Crippen molar-refractivity contribution in [2.45, 2.75) is 31.2 Å². The van der Waals surface area contributed by atoms with Crippen molar-refractivity contribution >= 4 is 40.9 Å². The molecule has 0 aliphatic rings. The summed E-state index contributed by atoms with van der Waals surface area (Å²) in [5.41, 5.74) is 1.27. The standard InChI is InChI=1S/C17H21N3O3S2/c1-11(2)8-15(22)18-13-6-4-12(5-7-13)14(21)9-25-17-20-19-16(23-17)10-24-3/h4-7,11H,8-10H2,1-3H3,(H,18,22). The van der Waals surface area contributed by atoms with Gasteiger partial charge in [-0.05, 0) is 36.4 Å². The van der Waals surface area contributed by atoms with Crippen LogP contribution in [0.3, 0.4) is 0 Å². The molecule has 0 radical (unpaired) electrons. The first kappa shape index (κ1) is 19.5. The summed E-state index contributed by atoms with van der Waals surface area (Å²) in [5, 5.41) is 11.0. The Hall–Kier alpha value is -1.80. The largest absolute Gasteiger partial charge is 0.415 e. The summed E-state index contributed by atoms with van der Waals surface area (Å²) >= 11 is 2.82. The maximum atomic E-state index is 12.2. The number of nitrogens with one attached hydrogen (secondary N) is 1. The zero-order valence-electron chi connectivity index (χ0n) is 14.4. The van der Waals surface area contributed by atoms with Gasteiger partial charge in [0.15, 0.2) is 5.78 Å². The number of anilines is 1. The molecular weight excluding hydrogens is 358 g/mol. The molecule has 0 bridgehead atoms. The third kappa shape index (κ3) is 6.55. The number of nitrogens with zero attached hydrogens (tertiary/aromatic N) is 2. The molecule has 0 spiro atoms. The molecule has 0 atom stereocenters. The van der Waals surface area contributed by atoms with Crippen LogP contribution in [0, 0.1) is 5.92 Å². The Morgan fingerprint density at radius 3 is 2.56 bits per heavy atom. The Bertz CT molecular complexity index is 714. The number of rotatable bonds is 9. The summed E-state index contributed by atoms with van der Waals surface area (Å²) in [6.45, 7) is 3.99. The second-order valence-corrected chi connectivity index (χ2v) is 7.62. The summed E-state index contributed by atoms with van der Waals surface area (Å²) in [4.78, 5) is 24.0. The first-order valence-electron chi connectivity index (χ1n) is 7.85. The Balaban J connectivity index is 1.86. The lowest BCUT2D eigenvalue weighted by Gasteiger charge is -2.07. The smallest absolute Gasteiger partial charge is 0.277 e. The van der Waals surface area contributed by atoms with Crippen LogP contribution in [0.2, 0.25) is 0 Å². The van der Waals surface area contributed by atoms with E-state index in [1.165, 1.54) is 11.8 Å². The lowest BCUT2D eigenvalue weighted by atomic mass is 10.1. The molecule has 0 unspecified atom stereocenters. The van der Waals surface area contributed by atoms with Crippen molar-refractivity contribution in [2.75, 3.05) is 17.3 Å². The number of amides is 1. The van der Waals surface area contributed by atoms with E-state index in [2.05, 4.69) is 15.5 Å². The third-order valence-electron chi connectivity index (χ3n) is 3.13. The monoisotopic (exact) mass is 379 g/mol. The Morgan fingerprint density at radius 1 is 1.20 bits per heavy atom. The zero-order chi connectivity index (χ0) is 18.2. The van der Waals surface area contributed by atoms with Gasteiger partial charge >= 0.3 is 0 Å². The van der Waals surface area contributed by atoms with Crippen LogP contribution in [0.25, 0.3) is 0 Å². The van der Waals surface area contributed by atoms with Gasteiger partial charge in [-0.15, -0.1) is 10.2 Å².